The Morgan fingerprint density at radius 1 is 1.28 bits per heavy atom. The summed E-state index contributed by atoms with van der Waals surface area (Å²) in [6, 6.07) is 10.2. The Bertz CT molecular complexity index is 391. The van der Waals surface area contributed by atoms with Gasteiger partial charge in [-0.2, -0.15) is 0 Å². The van der Waals surface area contributed by atoms with Crippen LogP contribution in [0.5, 0.6) is 0 Å². The summed E-state index contributed by atoms with van der Waals surface area (Å²) in [5.41, 5.74) is 0.883. The molecule has 0 aliphatic heterocycles. The van der Waals surface area contributed by atoms with E-state index in [1.807, 2.05) is 44.3 Å². The normalized spacial score (nSPS) is 24.8. The Balaban J connectivity index is 1.96. The summed E-state index contributed by atoms with van der Waals surface area (Å²) in [4.78, 5) is 12.2. The first kappa shape index (κ1) is 13.1. The molecule has 0 heterocycles. The van der Waals surface area contributed by atoms with Crippen molar-refractivity contribution < 1.29 is 4.79 Å². The van der Waals surface area contributed by atoms with Crippen molar-refractivity contribution in [3.05, 3.63) is 30.3 Å². The standard InChI is InChI=1S/C15H22N2O/c1-11(13-9-6-10-14(13)16-2)15(18)17-12-7-4-3-5-8-12/h3-5,7-8,11,13-14,16H,6,9-10H2,1-2H3,(H,17,18). The first-order valence-corrected chi connectivity index (χ1v) is 6.75. The van der Waals surface area contributed by atoms with Crippen molar-refractivity contribution >= 4 is 11.6 Å². The van der Waals surface area contributed by atoms with Crippen molar-refractivity contribution in [3.63, 3.8) is 0 Å². The zero-order valence-electron chi connectivity index (χ0n) is 11.1. The van der Waals surface area contributed by atoms with Crippen LogP contribution in [0.2, 0.25) is 0 Å². The molecule has 1 aromatic rings. The van der Waals surface area contributed by atoms with E-state index in [0.717, 1.165) is 12.1 Å². The van der Waals surface area contributed by atoms with Gasteiger partial charge in [-0.05, 0) is 37.9 Å². The van der Waals surface area contributed by atoms with Gasteiger partial charge in [0.25, 0.3) is 0 Å². The zero-order valence-corrected chi connectivity index (χ0v) is 11.1. The predicted molar refractivity (Wildman–Crippen MR) is 74.4 cm³/mol. The van der Waals surface area contributed by atoms with E-state index in [9.17, 15) is 4.79 Å². The number of hydrogen-bond donors (Lipinski definition) is 2. The monoisotopic (exact) mass is 246 g/mol. The molecule has 1 aliphatic rings. The average molecular weight is 246 g/mol. The highest BCUT2D eigenvalue weighted by molar-refractivity contribution is 5.92. The molecule has 1 aliphatic carbocycles. The van der Waals surface area contributed by atoms with Gasteiger partial charge in [-0.3, -0.25) is 4.79 Å². The van der Waals surface area contributed by atoms with Gasteiger partial charge in [-0.1, -0.05) is 31.5 Å². The molecule has 3 heteroatoms. The van der Waals surface area contributed by atoms with Crippen LogP contribution in [-0.2, 0) is 4.79 Å². The molecule has 3 atom stereocenters. The number of amides is 1. The van der Waals surface area contributed by atoms with E-state index in [2.05, 4.69) is 10.6 Å². The second-order valence-corrected chi connectivity index (χ2v) is 5.13. The Hall–Kier alpha value is -1.35. The molecule has 0 bridgehead atoms. The van der Waals surface area contributed by atoms with Crippen molar-refractivity contribution in [1.82, 2.24) is 5.32 Å². The van der Waals surface area contributed by atoms with Gasteiger partial charge in [0.2, 0.25) is 5.91 Å². The van der Waals surface area contributed by atoms with Crippen LogP contribution in [0.4, 0.5) is 5.69 Å². The van der Waals surface area contributed by atoms with Crippen molar-refractivity contribution in [2.45, 2.75) is 32.2 Å². The highest BCUT2D eigenvalue weighted by Gasteiger charge is 2.33. The smallest absolute Gasteiger partial charge is 0.227 e. The minimum Gasteiger partial charge on any atom is -0.326 e. The van der Waals surface area contributed by atoms with E-state index in [1.54, 1.807) is 0 Å². The van der Waals surface area contributed by atoms with E-state index in [0.29, 0.717) is 12.0 Å². The summed E-state index contributed by atoms with van der Waals surface area (Å²) >= 11 is 0. The van der Waals surface area contributed by atoms with Crippen LogP contribution in [0.15, 0.2) is 30.3 Å². The SMILES string of the molecule is CNC1CCCC1C(C)C(=O)Nc1ccccc1. The molecule has 2 rings (SSSR count). The fourth-order valence-corrected chi connectivity index (χ4v) is 2.92. The van der Waals surface area contributed by atoms with E-state index in [-0.39, 0.29) is 11.8 Å². The Morgan fingerprint density at radius 2 is 2.00 bits per heavy atom. The third-order valence-electron chi connectivity index (χ3n) is 4.04. The zero-order chi connectivity index (χ0) is 13.0. The summed E-state index contributed by atoms with van der Waals surface area (Å²) < 4.78 is 0. The van der Waals surface area contributed by atoms with Gasteiger partial charge in [-0.25, -0.2) is 0 Å². The van der Waals surface area contributed by atoms with Gasteiger partial charge in [0, 0.05) is 17.6 Å². The maximum absolute atomic E-state index is 12.2. The summed E-state index contributed by atoms with van der Waals surface area (Å²) in [6.07, 6.45) is 3.55. The molecular formula is C15H22N2O. The average Bonchev–Trinajstić information content (AvgIpc) is 2.87. The maximum atomic E-state index is 12.2. The number of anilines is 1. The van der Waals surface area contributed by atoms with Gasteiger partial charge in [-0.15, -0.1) is 0 Å². The molecule has 1 amide bonds. The molecule has 1 fully saturated rings. The van der Waals surface area contributed by atoms with Crippen LogP contribution in [0, 0.1) is 11.8 Å². The van der Waals surface area contributed by atoms with E-state index < -0.39 is 0 Å². The molecule has 2 N–H and O–H groups in total. The van der Waals surface area contributed by atoms with Gasteiger partial charge in [0.15, 0.2) is 0 Å². The molecule has 3 nitrogen and oxygen atoms in total. The molecule has 3 unspecified atom stereocenters. The van der Waals surface area contributed by atoms with E-state index in [1.165, 1.54) is 12.8 Å². The van der Waals surface area contributed by atoms with Crippen LogP contribution >= 0.6 is 0 Å². The van der Waals surface area contributed by atoms with Crippen molar-refractivity contribution in [2.75, 3.05) is 12.4 Å². The Morgan fingerprint density at radius 3 is 2.67 bits per heavy atom. The first-order valence-electron chi connectivity index (χ1n) is 6.75. The third-order valence-corrected chi connectivity index (χ3v) is 4.04. The minimum atomic E-state index is 0.0603. The van der Waals surface area contributed by atoms with Crippen LogP contribution in [0.1, 0.15) is 26.2 Å². The second-order valence-electron chi connectivity index (χ2n) is 5.13. The van der Waals surface area contributed by atoms with Crippen LogP contribution in [0.3, 0.4) is 0 Å². The molecule has 1 saturated carbocycles. The number of para-hydroxylation sites is 1. The lowest BCUT2D eigenvalue weighted by Gasteiger charge is -2.24. The molecule has 1 aromatic carbocycles. The number of carbonyl (C=O) groups excluding carboxylic acids is 1. The number of rotatable bonds is 4. The van der Waals surface area contributed by atoms with E-state index in [4.69, 9.17) is 0 Å². The Labute approximate surface area is 109 Å². The first-order chi connectivity index (χ1) is 8.72. The number of nitrogens with one attached hydrogen (secondary N) is 2. The summed E-state index contributed by atoms with van der Waals surface area (Å²) in [5, 5.41) is 6.33. The lowest BCUT2D eigenvalue weighted by Crippen LogP contribution is -2.37. The number of carbonyl (C=O) groups is 1. The van der Waals surface area contributed by atoms with Crippen LogP contribution in [0.25, 0.3) is 0 Å². The molecule has 0 spiro atoms. The molecular weight excluding hydrogens is 224 g/mol. The highest BCUT2D eigenvalue weighted by atomic mass is 16.1. The second kappa shape index (κ2) is 6.01. The fourth-order valence-electron chi connectivity index (χ4n) is 2.92. The lowest BCUT2D eigenvalue weighted by molar-refractivity contribution is -0.121. The highest BCUT2D eigenvalue weighted by Crippen LogP contribution is 2.32. The quantitative estimate of drug-likeness (QED) is 0.857. The van der Waals surface area contributed by atoms with Gasteiger partial charge in [0.05, 0.1) is 0 Å². The Kier molecular flexibility index (Phi) is 4.37. The number of hydrogen-bond acceptors (Lipinski definition) is 2. The predicted octanol–water partition coefficient (Wildman–Crippen LogP) is 2.65. The van der Waals surface area contributed by atoms with E-state index >= 15 is 0 Å². The minimum absolute atomic E-state index is 0.0603. The maximum Gasteiger partial charge on any atom is 0.227 e. The molecule has 0 aromatic heterocycles. The number of benzene rings is 1. The molecule has 18 heavy (non-hydrogen) atoms. The summed E-state index contributed by atoms with van der Waals surface area (Å²) in [7, 11) is 1.99. The molecule has 0 saturated heterocycles. The van der Waals surface area contributed by atoms with Crippen LogP contribution < -0.4 is 10.6 Å². The topological polar surface area (TPSA) is 41.1 Å². The lowest BCUT2D eigenvalue weighted by atomic mass is 9.88. The van der Waals surface area contributed by atoms with Gasteiger partial charge in [0.1, 0.15) is 0 Å². The van der Waals surface area contributed by atoms with Gasteiger partial charge >= 0.3 is 0 Å². The summed E-state index contributed by atoms with van der Waals surface area (Å²) in [6.45, 7) is 2.04. The fraction of sp³-hybridized carbons (Fsp3) is 0.533. The third kappa shape index (κ3) is 2.91. The summed E-state index contributed by atoms with van der Waals surface area (Å²) in [5.74, 6) is 0.650. The molecule has 98 valence electrons. The molecule has 0 radical (unpaired) electrons. The van der Waals surface area contributed by atoms with Crippen LogP contribution in [-0.4, -0.2) is 19.0 Å². The van der Waals surface area contributed by atoms with Crippen molar-refractivity contribution in [2.24, 2.45) is 11.8 Å². The van der Waals surface area contributed by atoms with Gasteiger partial charge < -0.3 is 10.6 Å². The van der Waals surface area contributed by atoms with Crippen molar-refractivity contribution in [1.29, 1.82) is 0 Å². The largest absolute Gasteiger partial charge is 0.326 e. The van der Waals surface area contributed by atoms with Crippen molar-refractivity contribution in [3.8, 4) is 0 Å².